The maximum Gasteiger partial charge on any atom is 0.472 e. The first-order valence-corrected chi connectivity index (χ1v) is 16.5. The summed E-state index contributed by atoms with van der Waals surface area (Å²) in [6.45, 7) is -1.16. The van der Waals surface area contributed by atoms with Gasteiger partial charge in [0, 0.05) is 0 Å². The Morgan fingerprint density at radius 3 is 2.70 bits per heavy atom. The van der Waals surface area contributed by atoms with E-state index in [1.165, 1.54) is 28.1 Å². The lowest BCUT2D eigenvalue weighted by atomic mass is 10.0. The van der Waals surface area contributed by atoms with Crippen LogP contribution in [0.5, 0.6) is 0 Å². The first kappa shape index (κ1) is 32.4. The third-order valence-corrected chi connectivity index (χ3v) is 9.30. The number of hydrogen-bond acceptors (Lipinski definition) is 19. The Labute approximate surface area is 269 Å². The van der Waals surface area contributed by atoms with Crippen LogP contribution in [0.15, 0.2) is 23.8 Å². The van der Waals surface area contributed by atoms with Gasteiger partial charge in [-0.2, -0.15) is 17.6 Å². The van der Waals surface area contributed by atoms with E-state index >= 15 is 0 Å². The molecule has 3 saturated heterocycles. The van der Waals surface area contributed by atoms with Crippen molar-refractivity contribution in [2.45, 2.75) is 48.6 Å². The molecule has 25 heteroatoms. The van der Waals surface area contributed by atoms with Crippen molar-refractivity contribution in [2.75, 3.05) is 37.2 Å². The highest BCUT2D eigenvalue weighted by atomic mass is 32.1. The highest BCUT2D eigenvalue weighted by molar-refractivity contribution is 7.80. The summed E-state index contributed by atoms with van der Waals surface area (Å²) in [5.74, 6) is -0.194. The van der Waals surface area contributed by atoms with Gasteiger partial charge in [-0.15, -0.1) is 0 Å². The normalized spacial score (nSPS) is 31.8. The lowest BCUT2D eigenvalue weighted by Crippen LogP contribution is -2.45. The van der Waals surface area contributed by atoms with Crippen LogP contribution in [-0.2, 0) is 41.6 Å². The van der Waals surface area contributed by atoms with Gasteiger partial charge in [0.15, 0.2) is 35.1 Å². The van der Waals surface area contributed by atoms with Gasteiger partial charge in [-0.25, -0.2) is 29.1 Å². The molecule has 9 atom stereocenters. The number of phosphoric ester groups is 1. The van der Waals surface area contributed by atoms with Gasteiger partial charge in [-0.3, -0.25) is 32.5 Å². The van der Waals surface area contributed by atoms with Crippen LogP contribution >= 0.6 is 29.1 Å². The molecule has 252 valence electrons. The minimum absolute atomic E-state index is 0.0437. The van der Waals surface area contributed by atoms with Gasteiger partial charge >= 0.3 is 16.5 Å². The van der Waals surface area contributed by atoms with Crippen LogP contribution in [0.25, 0.3) is 22.3 Å². The Bertz CT molecular complexity index is 1930. The molecule has 0 saturated carbocycles. The van der Waals surface area contributed by atoms with Crippen molar-refractivity contribution < 1.29 is 51.6 Å². The van der Waals surface area contributed by atoms with Crippen LogP contribution in [-0.4, -0.2) is 111 Å². The predicted molar refractivity (Wildman–Crippen MR) is 158 cm³/mol. The zero-order valence-corrected chi connectivity index (χ0v) is 26.4. The maximum atomic E-state index is 13.4. The van der Waals surface area contributed by atoms with Crippen molar-refractivity contribution in [2.24, 2.45) is 0 Å². The number of phosphoric acid groups is 1. The zero-order chi connectivity index (χ0) is 33.1. The lowest BCUT2D eigenvalue weighted by molar-refractivity contribution is -0.181. The van der Waals surface area contributed by atoms with Crippen LogP contribution in [0.2, 0.25) is 0 Å². The van der Waals surface area contributed by atoms with Crippen molar-refractivity contribution >= 4 is 63.2 Å². The topological polar surface area (TPSA) is 298 Å². The number of nitrogens with one attached hydrogen (secondary N) is 1. The van der Waals surface area contributed by atoms with E-state index in [9.17, 15) is 23.9 Å². The van der Waals surface area contributed by atoms with Crippen LogP contribution in [0.4, 0.5) is 11.8 Å². The molecule has 7 N–H and O–H groups in total. The highest BCUT2D eigenvalue weighted by Crippen LogP contribution is 2.55. The standard InChI is InChI=1S/C22H26N10O12P2S/c23-15-9-16(26-4-25-15)31(5-27-9)20-13-14(22(43-20,2-38-13)3-40-45-35)44-46(36,37)41-1-8-11(33)12(39-7-47)19(42-8)32-6-28-10-17(32)29-21(24)30-18(10)34/h4-6,8,11-14,19-20,33,47H,1-3,7H2,(H,36,37)(H2,23,25,26)(H3,24,29,30,34). The Kier molecular flexibility index (Phi) is 8.52. The number of aromatic amines is 1. The van der Waals surface area contributed by atoms with Crippen LogP contribution in [0.1, 0.15) is 12.5 Å². The molecule has 4 aromatic rings. The number of rotatable bonds is 12. The molecule has 0 aliphatic carbocycles. The molecule has 7 heterocycles. The molecule has 3 fully saturated rings. The first-order valence-electron chi connectivity index (χ1n) is 13.7. The van der Waals surface area contributed by atoms with E-state index in [0.717, 1.165) is 0 Å². The Morgan fingerprint density at radius 1 is 1.17 bits per heavy atom. The Morgan fingerprint density at radius 2 is 1.94 bits per heavy atom. The van der Waals surface area contributed by atoms with Gasteiger partial charge in [-0.05, 0) is 0 Å². The zero-order valence-electron chi connectivity index (χ0n) is 23.7. The molecular weight excluding hydrogens is 690 g/mol. The summed E-state index contributed by atoms with van der Waals surface area (Å²) in [5, 5.41) is 11.1. The van der Waals surface area contributed by atoms with Crippen LogP contribution in [0.3, 0.4) is 0 Å². The van der Waals surface area contributed by atoms with Crippen LogP contribution < -0.4 is 17.0 Å². The van der Waals surface area contributed by atoms with Gasteiger partial charge in [0.1, 0.15) is 48.0 Å². The van der Waals surface area contributed by atoms with E-state index in [1.807, 2.05) is 0 Å². The number of aromatic nitrogens is 8. The molecule has 3 aliphatic heterocycles. The molecule has 47 heavy (non-hydrogen) atoms. The monoisotopic (exact) mass is 716 g/mol. The van der Waals surface area contributed by atoms with Gasteiger partial charge < -0.3 is 40.4 Å². The fourth-order valence-electron chi connectivity index (χ4n) is 5.88. The van der Waals surface area contributed by atoms with E-state index in [0.29, 0.717) is 11.2 Å². The number of H-pyrrole nitrogens is 1. The minimum atomic E-state index is -4.96. The predicted octanol–water partition coefficient (Wildman–Crippen LogP) is -0.953. The minimum Gasteiger partial charge on any atom is -0.387 e. The molecule has 22 nitrogen and oxygen atoms in total. The summed E-state index contributed by atoms with van der Waals surface area (Å²) in [5.41, 5.74) is 10.1. The number of nitrogen functional groups attached to an aromatic ring is 2. The van der Waals surface area contributed by atoms with E-state index in [-0.39, 0.29) is 42.1 Å². The van der Waals surface area contributed by atoms with Crippen LogP contribution in [0, 0.1) is 0 Å². The van der Waals surface area contributed by atoms with E-state index in [2.05, 4.69) is 42.5 Å². The second-order valence-corrected chi connectivity index (χ2v) is 12.7. The summed E-state index contributed by atoms with van der Waals surface area (Å²) in [6.07, 6.45) is -4.28. The smallest absolute Gasteiger partial charge is 0.387 e. The molecule has 0 spiro atoms. The van der Waals surface area contributed by atoms with Gasteiger partial charge in [0.2, 0.25) is 5.95 Å². The highest BCUT2D eigenvalue weighted by Gasteiger charge is 2.65. The molecule has 0 amide bonds. The van der Waals surface area contributed by atoms with Crippen molar-refractivity contribution in [3.05, 3.63) is 29.3 Å². The maximum absolute atomic E-state index is 13.4. The van der Waals surface area contributed by atoms with Crippen molar-refractivity contribution in [1.82, 2.24) is 39.0 Å². The summed E-state index contributed by atoms with van der Waals surface area (Å²) in [6, 6.07) is 0. The van der Waals surface area contributed by atoms with Gasteiger partial charge in [0.25, 0.3) is 5.56 Å². The second-order valence-electron chi connectivity index (χ2n) is 10.7. The summed E-state index contributed by atoms with van der Waals surface area (Å²) >= 11 is 4.07. The number of imidazole rings is 2. The fourth-order valence-corrected chi connectivity index (χ4v) is 7.32. The molecule has 3 aliphatic rings. The number of hydrogen-bond donors (Lipinski definition) is 6. The largest absolute Gasteiger partial charge is 0.472 e. The quantitative estimate of drug-likeness (QED) is 0.0585. The molecule has 9 unspecified atom stereocenters. The van der Waals surface area contributed by atoms with Gasteiger partial charge in [0.05, 0.1) is 38.4 Å². The van der Waals surface area contributed by atoms with Crippen molar-refractivity contribution in [3.8, 4) is 0 Å². The molecule has 7 rings (SSSR count). The Balaban J connectivity index is 1.10. The SMILES string of the molecule is Nc1nc2c(ncn2C2OC(COP(=O)(O)OC3C4OCC3(COP=O)OC4n3cnc4c(N)ncnc43)C(O)C2OCS)c(=O)[nH]1. The number of ether oxygens (including phenoxy) is 4. The number of aliphatic hydroxyl groups excluding tert-OH is 1. The molecule has 2 bridgehead atoms. The van der Waals surface area contributed by atoms with Crippen molar-refractivity contribution in [3.63, 3.8) is 0 Å². The lowest BCUT2D eigenvalue weighted by Gasteiger charge is -2.30. The van der Waals surface area contributed by atoms with E-state index < -0.39 is 77.3 Å². The molecule has 4 aromatic heterocycles. The van der Waals surface area contributed by atoms with Crippen molar-refractivity contribution in [1.29, 1.82) is 0 Å². The third-order valence-electron chi connectivity index (χ3n) is 7.95. The number of thiol groups is 1. The third kappa shape index (κ3) is 5.61. The molecule has 0 radical (unpaired) electrons. The summed E-state index contributed by atoms with van der Waals surface area (Å²) in [7, 11) is -5.64. The van der Waals surface area contributed by atoms with E-state index in [1.54, 1.807) is 0 Å². The number of fused-ring (bicyclic) bond motifs is 4. The average molecular weight is 717 g/mol. The number of anilines is 2. The fraction of sp³-hybridized carbons (Fsp3) is 0.545. The number of nitrogens with two attached hydrogens (primary N) is 2. The van der Waals surface area contributed by atoms with Gasteiger partial charge in [-0.1, -0.05) is 0 Å². The average Bonchev–Trinajstić information content (AvgIpc) is 3.84. The summed E-state index contributed by atoms with van der Waals surface area (Å²) in [4.78, 5) is 45.9. The van der Waals surface area contributed by atoms with E-state index in [4.69, 9.17) is 44.0 Å². The molecule has 0 aromatic carbocycles. The second kappa shape index (κ2) is 12.4. The number of aliphatic hydroxyl groups is 1. The first-order chi connectivity index (χ1) is 22.6. The number of nitrogens with zero attached hydrogens (tertiary/aromatic N) is 7. The Hall–Kier alpha value is -3.18. The summed E-state index contributed by atoms with van der Waals surface area (Å²) < 4.78 is 67.0. The molecular formula is C22H26N10O12P2S.